The number of aryl methyl sites for hydroxylation is 1. The highest BCUT2D eigenvalue weighted by Gasteiger charge is 2.27. The zero-order valence-corrected chi connectivity index (χ0v) is 13.8. The van der Waals surface area contributed by atoms with Gasteiger partial charge >= 0.3 is 0 Å². The van der Waals surface area contributed by atoms with E-state index in [1.165, 1.54) is 0 Å². The quantitative estimate of drug-likeness (QED) is 0.838. The van der Waals surface area contributed by atoms with Gasteiger partial charge in [0.15, 0.2) is 0 Å². The normalized spacial score (nSPS) is 18.4. The van der Waals surface area contributed by atoms with E-state index >= 15 is 0 Å². The van der Waals surface area contributed by atoms with Gasteiger partial charge in [0, 0.05) is 17.3 Å². The molecule has 0 spiro atoms. The highest BCUT2D eigenvalue weighted by molar-refractivity contribution is 9.08. The molecule has 6 heteroatoms. The van der Waals surface area contributed by atoms with Gasteiger partial charge in [-0.2, -0.15) is 0 Å². The van der Waals surface area contributed by atoms with Gasteiger partial charge in [0.1, 0.15) is 5.76 Å². The fraction of sp³-hybridized carbons (Fsp3) is 0.333. The minimum Gasteiger partial charge on any atom is -0.469 e. The maximum Gasteiger partial charge on any atom is 0.241 e. The van der Waals surface area contributed by atoms with Gasteiger partial charge < -0.3 is 4.42 Å². The molecular weight excluding hydrogens is 354 g/mol. The standard InChI is InChI=1S/C15H16BrNO3S/c16-10-11-4-6-12(7-5-11)21(18,19)17-14-2-1-3-15-13(14)8-9-20-15/h4-9,14,17H,1-3,10H2. The third-order valence-electron chi connectivity index (χ3n) is 3.74. The Labute approximate surface area is 132 Å². The minimum atomic E-state index is -3.51. The van der Waals surface area contributed by atoms with Crippen LogP contribution in [-0.2, 0) is 21.8 Å². The van der Waals surface area contributed by atoms with Crippen LogP contribution >= 0.6 is 15.9 Å². The van der Waals surface area contributed by atoms with Gasteiger partial charge in [-0.05, 0) is 36.6 Å². The van der Waals surface area contributed by atoms with Crippen molar-refractivity contribution in [2.75, 3.05) is 0 Å². The summed E-state index contributed by atoms with van der Waals surface area (Å²) in [7, 11) is -3.51. The second-order valence-electron chi connectivity index (χ2n) is 5.14. The van der Waals surface area contributed by atoms with Crippen molar-refractivity contribution in [1.82, 2.24) is 4.72 Å². The molecule has 1 aliphatic rings. The molecule has 3 rings (SSSR count). The Morgan fingerprint density at radius 3 is 2.71 bits per heavy atom. The summed E-state index contributed by atoms with van der Waals surface area (Å²) in [5.41, 5.74) is 2.01. The van der Waals surface area contributed by atoms with Crippen molar-refractivity contribution >= 4 is 26.0 Å². The molecular formula is C15H16BrNO3S. The van der Waals surface area contributed by atoms with E-state index in [2.05, 4.69) is 20.7 Å². The van der Waals surface area contributed by atoms with Crippen LogP contribution in [0.3, 0.4) is 0 Å². The summed E-state index contributed by atoms with van der Waals surface area (Å²) in [6.07, 6.45) is 4.23. The summed E-state index contributed by atoms with van der Waals surface area (Å²) in [5, 5.41) is 0.710. The molecule has 1 aliphatic carbocycles. The molecule has 0 fully saturated rings. The minimum absolute atomic E-state index is 0.201. The lowest BCUT2D eigenvalue weighted by Crippen LogP contribution is -2.30. The Kier molecular flexibility index (Phi) is 4.19. The topological polar surface area (TPSA) is 59.3 Å². The number of nitrogens with one attached hydrogen (secondary N) is 1. The Hall–Kier alpha value is -1.11. The van der Waals surface area contributed by atoms with Gasteiger partial charge in [-0.15, -0.1) is 0 Å². The van der Waals surface area contributed by atoms with Crippen LogP contribution in [0.2, 0.25) is 0 Å². The molecule has 4 nitrogen and oxygen atoms in total. The number of sulfonamides is 1. The third-order valence-corrected chi connectivity index (χ3v) is 5.87. The molecule has 112 valence electrons. The maximum atomic E-state index is 12.5. The number of rotatable bonds is 4. The number of furan rings is 1. The first-order valence-electron chi connectivity index (χ1n) is 6.83. The van der Waals surface area contributed by atoms with Gasteiger partial charge in [-0.25, -0.2) is 13.1 Å². The Bertz CT molecular complexity index is 722. The van der Waals surface area contributed by atoms with E-state index in [1.807, 2.05) is 18.2 Å². The Balaban J connectivity index is 1.84. The van der Waals surface area contributed by atoms with E-state index in [0.29, 0.717) is 10.2 Å². The molecule has 1 atom stereocenters. The van der Waals surface area contributed by atoms with Crippen molar-refractivity contribution in [3.63, 3.8) is 0 Å². The van der Waals surface area contributed by atoms with Crippen molar-refractivity contribution in [3.05, 3.63) is 53.5 Å². The van der Waals surface area contributed by atoms with E-state index in [1.54, 1.807) is 18.4 Å². The number of hydrogen-bond acceptors (Lipinski definition) is 3. The first-order chi connectivity index (χ1) is 10.1. The van der Waals surface area contributed by atoms with Crippen molar-refractivity contribution in [1.29, 1.82) is 0 Å². The van der Waals surface area contributed by atoms with Gasteiger partial charge in [0.05, 0.1) is 17.2 Å². The summed E-state index contributed by atoms with van der Waals surface area (Å²) in [5.74, 6) is 0.892. The molecule has 2 aromatic rings. The molecule has 0 saturated heterocycles. The number of fused-ring (bicyclic) bond motifs is 1. The lowest BCUT2D eigenvalue weighted by atomic mass is 9.94. The average Bonchev–Trinajstić information content (AvgIpc) is 2.97. The van der Waals surface area contributed by atoms with Crippen LogP contribution in [0.5, 0.6) is 0 Å². The molecule has 1 unspecified atom stereocenters. The van der Waals surface area contributed by atoms with E-state index < -0.39 is 10.0 Å². The van der Waals surface area contributed by atoms with Crippen LogP contribution in [-0.4, -0.2) is 8.42 Å². The van der Waals surface area contributed by atoms with Gasteiger partial charge in [-0.1, -0.05) is 28.1 Å². The Morgan fingerprint density at radius 2 is 2.00 bits per heavy atom. The van der Waals surface area contributed by atoms with Gasteiger partial charge in [0.25, 0.3) is 0 Å². The van der Waals surface area contributed by atoms with Crippen LogP contribution in [0.1, 0.15) is 35.8 Å². The smallest absolute Gasteiger partial charge is 0.241 e. The zero-order valence-electron chi connectivity index (χ0n) is 11.4. The fourth-order valence-corrected chi connectivity index (χ4v) is 4.25. The van der Waals surface area contributed by atoms with Crippen molar-refractivity contribution < 1.29 is 12.8 Å². The van der Waals surface area contributed by atoms with E-state index in [9.17, 15) is 8.42 Å². The largest absolute Gasteiger partial charge is 0.469 e. The maximum absolute atomic E-state index is 12.5. The van der Waals surface area contributed by atoms with Crippen LogP contribution < -0.4 is 4.72 Å². The SMILES string of the molecule is O=S(=O)(NC1CCCc2occc21)c1ccc(CBr)cc1. The van der Waals surface area contributed by atoms with E-state index in [0.717, 1.165) is 36.1 Å². The van der Waals surface area contributed by atoms with Crippen molar-refractivity contribution in [3.8, 4) is 0 Å². The van der Waals surface area contributed by atoms with Crippen LogP contribution in [0, 0.1) is 0 Å². The van der Waals surface area contributed by atoms with Crippen LogP contribution in [0.4, 0.5) is 0 Å². The lowest BCUT2D eigenvalue weighted by molar-refractivity contribution is 0.438. The van der Waals surface area contributed by atoms with Crippen molar-refractivity contribution in [2.45, 2.75) is 35.5 Å². The average molecular weight is 370 g/mol. The Morgan fingerprint density at radius 1 is 1.24 bits per heavy atom. The highest BCUT2D eigenvalue weighted by Crippen LogP contribution is 2.31. The monoisotopic (exact) mass is 369 g/mol. The molecule has 0 radical (unpaired) electrons. The second-order valence-corrected chi connectivity index (χ2v) is 7.42. The predicted molar refractivity (Wildman–Crippen MR) is 83.8 cm³/mol. The molecule has 1 heterocycles. The molecule has 1 N–H and O–H groups in total. The molecule has 1 aromatic heterocycles. The van der Waals surface area contributed by atoms with Crippen LogP contribution in [0.25, 0.3) is 0 Å². The fourth-order valence-electron chi connectivity index (χ4n) is 2.62. The summed E-state index contributed by atoms with van der Waals surface area (Å²) in [6, 6.07) is 8.56. The number of benzene rings is 1. The first kappa shape index (κ1) is 14.8. The second kappa shape index (κ2) is 5.94. The summed E-state index contributed by atoms with van der Waals surface area (Å²) < 4.78 is 33.1. The summed E-state index contributed by atoms with van der Waals surface area (Å²) in [6.45, 7) is 0. The molecule has 1 aromatic carbocycles. The first-order valence-corrected chi connectivity index (χ1v) is 9.44. The molecule has 0 bridgehead atoms. The zero-order chi connectivity index (χ0) is 14.9. The third kappa shape index (κ3) is 3.07. The predicted octanol–water partition coefficient (Wildman–Crippen LogP) is 3.53. The molecule has 0 aliphatic heterocycles. The van der Waals surface area contributed by atoms with Gasteiger partial charge in [-0.3, -0.25) is 0 Å². The molecule has 0 saturated carbocycles. The summed E-state index contributed by atoms with van der Waals surface area (Å²) in [4.78, 5) is 0.294. The van der Waals surface area contributed by atoms with Crippen molar-refractivity contribution in [2.24, 2.45) is 0 Å². The van der Waals surface area contributed by atoms with E-state index in [-0.39, 0.29) is 6.04 Å². The summed E-state index contributed by atoms with van der Waals surface area (Å²) >= 11 is 3.35. The molecule has 0 amide bonds. The highest BCUT2D eigenvalue weighted by atomic mass is 79.9. The number of hydrogen-bond donors (Lipinski definition) is 1. The lowest BCUT2D eigenvalue weighted by Gasteiger charge is -2.22. The number of halogens is 1. The van der Waals surface area contributed by atoms with Crippen LogP contribution in [0.15, 0.2) is 45.9 Å². The molecule has 21 heavy (non-hydrogen) atoms. The van der Waals surface area contributed by atoms with E-state index in [4.69, 9.17) is 4.42 Å². The van der Waals surface area contributed by atoms with Gasteiger partial charge in [0.2, 0.25) is 10.0 Å². The number of alkyl halides is 1.